The van der Waals surface area contributed by atoms with E-state index in [2.05, 4.69) is 24.2 Å². The van der Waals surface area contributed by atoms with E-state index in [9.17, 15) is 5.11 Å². The zero-order valence-corrected chi connectivity index (χ0v) is 12.6. The minimum Gasteiger partial charge on any atom is -0.466 e. The quantitative estimate of drug-likeness (QED) is 0.797. The van der Waals surface area contributed by atoms with E-state index >= 15 is 0 Å². The Balaban J connectivity index is 1.96. The molecule has 0 saturated carbocycles. The maximum Gasteiger partial charge on any atom is 0.106 e. The van der Waals surface area contributed by atoms with Crippen LogP contribution in [0, 0.1) is 13.8 Å². The lowest BCUT2D eigenvalue weighted by molar-refractivity contribution is 0.175. The van der Waals surface area contributed by atoms with E-state index in [1.54, 1.807) is 0 Å². The molecule has 0 aliphatic rings. The van der Waals surface area contributed by atoms with Crippen LogP contribution in [0.25, 0.3) is 10.9 Å². The van der Waals surface area contributed by atoms with Crippen LogP contribution in [0.2, 0.25) is 0 Å². The Kier molecular flexibility index (Phi) is 3.55. The van der Waals surface area contributed by atoms with Crippen molar-refractivity contribution in [3.63, 3.8) is 0 Å². The van der Waals surface area contributed by atoms with E-state index in [-0.39, 0.29) is 0 Å². The zero-order valence-electron chi connectivity index (χ0n) is 12.6. The molecule has 21 heavy (non-hydrogen) atoms. The summed E-state index contributed by atoms with van der Waals surface area (Å²) in [7, 11) is 0. The van der Waals surface area contributed by atoms with Gasteiger partial charge in [0, 0.05) is 23.9 Å². The number of aliphatic hydroxyl groups excluding tert-OH is 1. The minimum atomic E-state index is -0.592. The summed E-state index contributed by atoms with van der Waals surface area (Å²) >= 11 is 0. The maximum absolute atomic E-state index is 10.5. The molecule has 0 saturated heterocycles. The predicted octanol–water partition coefficient (Wildman–Crippen LogP) is 3.54. The fraction of sp³-hybridized carbons (Fsp3) is 0.353. The van der Waals surface area contributed by atoms with Crippen molar-refractivity contribution in [1.82, 2.24) is 9.78 Å². The van der Waals surface area contributed by atoms with Crippen LogP contribution in [0.1, 0.15) is 35.8 Å². The van der Waals surface area contributed by atoms with Gasteiger partial charge in [0.1, 0.15) is 11.5 Å². The van der Waals surface area contributed by atoms with Gasteiger partial charge in [-0.3, -0.25) is 4.68 Å². The number of aryl methyl sites for hydroxylation is 3. The second-order valence-corrected chi connectivity index (χ2v) is 5.37. The molecule has 0 amide bonds. The summed E-state index contributed by atoms with van der Waals surface area (Å²) in [4.78, 5) is 0. The van der Waals surface area contributed by atoms with E-state index in [0.717, 1.165) is 40.2 Å². The van der Waals surface area contributed by atoms with E-state index in [0.29, 0.717) is 6.42 Å². The lowest BCUT2D eigenvalue weighted by Crippen LogP contribution is -2.04. The molecule has 4 heteroatoms. The van der Waals surface area contributed by atoms with Crippen LogP contribution in [0.3, 0.4) is 0 Å². The second-order valence-electron chi connectivity index (χ2n) is 5.37. The molecule has 3 rings (SSSR count). The average Bonchev–Trinajstić information content (AvgIpc) is 2.99. The monoisotopic (exact) mass is 284 g/mol. The smallest absolute Gasteiger partial charge is 0.106 e. The van der Waals surface area contributed by atoms with Gasteiger partial charge in [0.15, 0.2) is 0 Å². The maximum atomic E-state index is 10.5. The molecule has 3 aromatic rings. The largest absolute Gasteiger partial charge is 0.466 e. The molecule has 110 valence electrons. The number of fused-ring (bicyclic) bond motifs is 1. The molecule has 0 spiro atoms. The number of benzene rings is 1. The average molecular weight is 284 g/mol. The third kappa shape index (κ3) is 2.47. The van der Waals surface area contributed by atoms with Crippen molar-refractivity contribution in [1.29, 1.82) is 0 Å². The van der Waals surface area contributed by atoms with Crippen molar-refractivity contribution >= 4 is 10.9 Å². The van der Waals surface area contributed by atoms with Crippen molar-refractivity contribution in [3.8, 4) is 0 Å². The Morgan fingerprint density at radius 3 is 2.71 bits per heavy atom. The van der Waals surface area contributed by atoms with E-state index in [1.807, 2.05) is 36.7 Å². The third-order valence-corrected chi connectivity index (χ3v) is 3.86. The van der Waals surface area contributed by atoms with Gasteiger partial charge in [-0.15, -0.1) is 0 Å². The van der Waals surface area contributed by atoms with Crippen LogP contribution < -0.4 is 0 Å². The zero-order chi connectivity index (χ0) is 15.0. The molecule has 1 aromatic carbocycles. The molecule has 0 aliphatic heterocycles. The van der Waals surface area contributed by atoms with Gasteiger partial charge in [-0.1, -0.05) is 18.2 Å². The number of aliphatic hydroxyl groups is 1. The fourth-order valence-corrected chi connectivity index (χ4v) is 2.86. The lowest BCUT2D eigenvalue weighted by atomic mass is 10.0. The van der Waals surface area contributed by atoms with Crippen LogP contribution in [0.15, 0.2) is 34.7 Å². The standard InChI is InChI=1S/C17H20N2O2/c1-4-19-16-8-6-5-7-13(16)15(18-19)10-17(20)14-9-11(2)21-12(14)3/h5-9,17,20H,4,10H2,1-3H3. The summed E-state index contributed by atoms with van der Waals surface area (Å²) in [5, 5.41) is 16.2. The molecule has 0 radical (unpaired) electrons. The molecular formula is C17H20N2O2. The topological polar surface area (TPSA) is 51.2 Å². The molecule has 1 N–H and O–H groups in total. The molecule has 0 bridgehead atoms. The summed E-state index contributed by atoms with van der Waals surface area (Å²) in [6.07, 6.45) is -0.0982. The Hall–Kier alpha value is -2.07. The van der Waals surface area contributed by atoms with Crippen molar-refractivity contribution in [3.05, 3.63) is 53.1 Å². The molecule has 1 unspecified atom stereocenters. The first-order valence-electron chi connectivity index (χ1n) is 7.29. The van der Waals surface area contributed by atoms with Gasteiger partial charge in [-0.25, -0.2) is 0 Å². The molecule has 1 atom stereocenters. The Morgan fingerprint density at radius 2 is 2.05 bits per heavy atom. The van der Waals surface area contributed by atoms with Gasteiger partial charge in [0.05, 0.1) is 17.3 Å². The highest BCUT2D eigenvalue weighted by molar-refractivity contribution is 5.82. The molecule has 4 nitrogen and oxygen atoms in total. The van der Waals surface area contributed by atoms with Crippen molar-refractivity contribution in [2.45, 2.75) is 39.8 Å². The number of hydrogen-bond donors (Lipinski definition) is 1. The number of rotatable bonds is 4. The number of aromatic nitrogens is 2. The Morgan fingerprint density at radius 1 is 1.29 bits per heavy atom. The highest BCUT2D eigenvalue weighted by atomic mass is 16.3. The van der Waals surface area contributed by atoms with Crippen LogP contribution in [-0.4, -0.2) is 14.9 Å². The predicted molar refractivity (Wildman–Crippen MR) is 82.3 cm³/mol. The normalized spacial score (nSPS) is 13.0. The highest BCUT2D eigenvalue weighted by Crippen LogP contribution is 2.27. The molecule has 0 fully saturated rings. The van der Waals surface area contributed by atoms with Gasteiger partial charge in [0.25, 0.3) is 0 Å². The van der Waals surface area contributed by atoms with Gasteiger partial charge in [0.2, 0.25) is 0 Å². The van der Waals surface area contributed by atoms with Crippen molar-refractivity contribution in [2.24, 2.45) is 0 Å². The summed E-state index contributed by atoms with van der Waals surface area (Å²) in [6, 6.07) is 10.0. The highest BCUT2D eigenvalue weighted by Gasteiger charge is 2.18. The summed E-state index contributed by atoms with van der Waals surface area (Å²) in [5.41, 5.74) is 2.89. The second kappa shape index (κ2) is 5.37. The first-order chi connectivity index (χ1) is 10.1. The first kappa shape index (κ1) is 13.9. The first-order valence-corrected chi connectivity index (χ1v) is 7.29. The SMILES string of the molecule is CCn1nc(CC(O)c2cc(C)oc2C)c2ccccc21. The fourth-order valence-electron chi connectivity index (χ4n) is 2.86. The summed E-state index contributed by atoms with van der Waals surface area (Å²) in [5.74, 6) is 1.60. The van der Waals surface area contributed by atoms with Crippen LogP contribution >= 0.6 is 0 Å². The van der Waals surface area contributed by atoms with Crippen LogP contribution in [0.5, 0.6) is 0 Å². The van der Waals surface area contributed by atoms with Gasteiger partial charge in [-0.05, 0) is 32.9 Å². The van der Waals surface area contributed by atoms with Crippen molar-refractivity contribution in [2.75, 3.05) is 0 Å². The third-order valence-electron chi connectivity index (χ3n) is 3.86. The van der Waals surface area contributed by atoms with Crippen LogP contribution in [0.4, 0.5) is 0 Å². The van der Waals surface area contributed by atoms with Gasteiger partial charge in [-0.2, -0.15) is 5.10 Å². The van der Waals surface area contributed by atoms with Gasteiger partial charge < -0.3 is 9.52 Å². The van der Waals surface area contributed by atoms with E-state index < -0.39 is 6.10 Å². The molecule has 2 heterocycles. The number of furan rings is 1. The number of hydrogen-bond acceptors (Lipinski definition) is 3. The molecule has 2 aromatic heterocycles. The number of para-hydroxylation sites is 1. The minimum absolute atomic E-state index is 0.493. The lowest BCUT2D eigenvalue weighted by Gasteiger charge is -2.07. The molecule has 0 aliphatic carbocycles. The number of nitrogens with zero attached hydrogens (tertiary/aromatic N) is 2. The van der Waals surface area contributed by atoms with Crippen molar-refractivity contribution < 1.29 is 9.52 Å². The van der Waals surface area contributed by atoms with E-state index in [4.69, 9.17) is 4.42 Å². The van der Waals surface area contributed by atoms with Gasteiger partial charge >= 0.3 is 0 Å². The van der Waals surface area contributed by atoms with E-state index in [1.165, 1.54) is 0 Å². The van der Waals surface area contributed by atoms with Crippen LogP contribution in [-0.2, 0) is 13.0 Å². The summed E-state index contributed by atoms with van der Waals surface area (Å²) < 4.78 is 7.48. The molecular weight excluding hydrogens is 264 g/mol. The Labute approximate surface area is 124 Å². The Bertz CT molecular complexity index is 770. The summed E-state index contributed by atoms with van der Waals surface area (Å²) in [6.45, 7) is 6.67.